The summed E-state index contributed by atoms with van der Waals surface area (Å²) in [6, 6.07) is 18.2. The van der Waals surface area contributed by atoms with E-state index < -0.39 is 16.1 Å². The first kappa shape index (κ1) is 22.7. The molecular formula is C23H23ClN2O4S. The van der Waals surface area contributed by atoms with E-state index in [1.54, 1.807) is 31.2 Å². The van der Waals surface area contributed by atoms with Gasteiger partial charge in [0.05, 0.1) is 10.6 Å². The standard InChI is InChI=1S/C23H23ClN2O4S/c1-15-5-4-6-16(2)22(15)26-31(28,29)21-13-9-19(10-14-21)25-23(27)17(3)30-20-11-7-18(24)8-12-20/h4-14,17,26H,1-3H3,(H,25,27)/t17-/m0/s1. The number of carbonyl (C=O) groups is 1. The molecule has 0 aliphatic carbocycles. The monoisotopic (exact) mass is 458 g/mol. The summed E-state index contributed by atoms with van der Waals surface area (Å²) in [5.74, 6) is 0.158. The van der Waals surface area contributed by atoms with Crippen LogP contribution < -0.4 is 14.8 Å². The molecule has 0 radical (unpaired) electrons. The Morgan fingerprint density at radius 1 is 0.935 bits per heavy atom. The number of hydrogen-bond acceptors (Lipinski definition) is 4. The smallest absolute Gasteiger partial charge is 0.265 e. The van der Waals surface area contributed by atoms with Gasteiger partial charge in [-0.05, 0) is 80.4 Å². The van der Waals surface area contributed by atoms with E-state index in [4.69, 9.17) is 16.3 Å². The number of aryl methyl sites for hydroxylation is 2. The third-order valence-corrected chi connectivity index (χ3v) is 6.26. The molecule has 0 fully saturated rings. The first-order valence-corrected chi connectivity index (χ1v) is 11.4. The van der Waals surface area contributed by atoms with Crippen molar-refractivity contribution in [2.45, 2.75) is 31.8 Å². The van der Waals surface area contributed by atoms with Gasteiger partial charge in [0.1, 0.15) is 5.75 Å². The normalized spacial score (nSPS) is 12.1. The van der Waals surface area contributed by atoms with Crippen molar-refractivity contribution in [3.05, 3.63) is 82.9 Å². The van der Waals surface area contributed by atoms with E-state index in [1.807, 2.05) is 32.0 Å². The lowest BCUT2D eigenvalue weighted by Gasteiger charge is -2.15. The second-order valence-corrected chi connectivity index (χ2v) is 9.22. The molecule has 0 aliphatic rings. The van der Waals surface area contributed by atoms with Crippen molar-refractivity contribution < 1.29 is 17.9 Å². The Bertz CT molecular complexity index is 1160. The zero-order chi connectivity index (χ0) is 22.6. The molecule has 2 N–H and O–H groups in total. The third-order valence-electron chi connectivity index (χ3n) is 4.65. The van der Waals surface area contributed by atoms with Crippen molar-refractivity contribution in [2.75, 3.05) is 10.0 Å². The number of anilines is 2. The fourth-order valence-corrected chi connectivity index (χ4v) is 4.23. The molecule has 1 atom stereocenters. The van der Waals surface area contributed by atoms with E-state index in [2.05, 4.69) is 10.0 Å². The fourth-order valence-electron chi connectivity index (χ4n) is 2.90. The Morgan fingerprint density at radius 3 is 2.10 bits per heavy atom. The van der Waals surface area contributed by atoms with Crippen LogP contribution in [-0.4, -0.2) is 20.4 Å². The van der Waals surface area contributed by atoms with Gasteiger partial charge >= 0.3 is 0 Å². The number of sulfonamides is 1. The minimum absolute atomic E-state index is 0.0959. The molecule has 31 heavy (non-hydrogen) atoms. The second-order valence-electron chi connectivity index (χ2n) is 7.10. The predicted octanol–water partition coefficient (Wildman–Crippen LogP) is 5.16. The molecule has 6 nitrogen and oxygen atoms in total. The van der Waals surface area contributed by atoms with Gasteiger partial charge < -0.3 is 10.1 Å². The van der Waals surface area contributed by atoms with Gasteiger partial charge in [0.25, 0.3) is 15.9 Å². The van der Waals surface area contributed by atoms with E-state index in [-0.39, 0.29) is 10.8 Å². The van der Waals surface area contributed by atoms with Crippen LogP contribution in [0.1, 0.15) is 18.1 Å². The molecule has 0 aromatic heterocycles. The molecule has 0 saturated carbocycles. The van der Waals surface area contributed by atoms with Gasteiger partial charge in [-0.2, -0.15) is 0 Å². The number of hydrogen-bond donors (Lipinski definition) is 2. The lowest BCUT2D eigenvalue weighted by Crippen LogP contribution is -2.30. The molecule has 0 saturated heterocycles. The van der Waals surface area contributed by atoms with Crippen LogP contribution in [0.2, 0.25) is 5.02 Å². The highest BCUT2D eigenvalue weighted by Gasteiger charge is 2.18. The molecular weight excluding hydrogens is 436 g/mol. The van der Waals surface area contributed by atoms with Crippen molar-refractivity contribution in [2.24, 2.45) is 0 Å². The quantitative estimate of drug-likeness (QED) is 0.512. The van der Waals surface area contributed by atoms with Gasteiger partial charge in [-0.3, -0.25) is 9.52 Å². The van der Waals surface area contributed by atoms with Gasteiger partial charge in [0, 0.05) is 10.7 Å². The van der Waals surface area contributed by atoms with E-state index in [9.17, 15) is 13.2 Å². The highest BCUT2D eigenvalue weighted by molar-refractivity contribution is 7.92. The largest absolute Gasteiger partial charge is 0.481 e. The Balaban J connectivity index is 1.66. The number of rotatable bonds is 7. The van der Waals surface area contributed by atoms with Crippen LogP contribution in [0.3, 0.4) is 0 Å². The topological polar surface area (TPSA) is 84.5 Å². The van der Waals surface area contributed by atoms with Crippen LogP contribution in [0.5, 0.6) is 5.75 Å². The number of para-hydroxylation sites is 1. The molecule has 0 bridgehead atoms. The summed E-state index contributed by atoms with van der Waals surface area (Å²) in [7, 11) is -3.76. The van der Waals surface area contributed by atoms with Crippen LogP contribution in [0, 0.1) is 13.8 Å². The van der Waals surface area contributed by atoms with Gasteiger partial charge in [0.15, 0.2) is 6.10 Å². The van der Waals surface area contributed by atoms with Gasteiger partial charge in [-0.1, -0.05) is 29.8 Å². The van der Waals surface area contributed by atoms with Crippen molar-refractivity contribution in [1.82, 2.24) is 0 Å². The highest BCUT2D eigenvalue weighted by Crippen LogP contribution is 2.24. The maximum absolute atomic E-state index is 12.7. The molecule has 3 rings (SSSR count). The summed E-state index contributed by atoms with van der Waals surface area (Å²) in [4.78, 5) is 12.5. The summed E-state index contributed by atoms with van der Waals surface area (Å²) in [5.41, 5.74) is 2.69. The molecule has 1 amide bonds. The maximum atomic E-state index is 12.7. The highest BCUT2D eigenvalue weighted by atomic mass is 35.5. The van der Waals surface area contributed by atoms with Crippen molar-refractivity contribution in [3.8, 4) is 5.75 Å². The third kappa shape index (κ3) is 5.77. The van der Waals surface area contributed by atoms with E-state index in [1.165, 1.54) is 24.3 Å². The summed E-state index contributed by atoms with van der Waals surface area (Å²) >= 11 is 5.84. The van der Waals surface area contributed by atoms with Crippen LogP contribution in [0.4, 0.5) is 11.4 Å². The Hall–Kier alpha value is -3.03. The maximum Gasteiger partial charge on any atom is 0.265 e. The number of amides is 1. The predicted molar refractivity (Wildman–Crippen MR) is 123 cm³/mol. The summed E-state index contributed by atoms with van der Waals surface area (Å²) in [6.45, 7) is 5.31. The zero-order valence-electron chi connectivity index (χ0n) is 17.3. The molecule has 3 aromatic rings. The number of halogens is 1. The summed E-state index contributed by atoms with van der Waals surface area (Å²) in [5, 5.41) is 3.29. The van der Waals surface area contributed by atoms with Gasteiger partial charge in [-0.25, -0.2) is 8.42 Å². The molecule has 0 heterocycles. The lowest BCUT2D eigenvalue weighted by molar-refractivity contribution is -0.122. The fraction of sp³-hybridized carbons (Fsp3) is 0.174. The van der Waals surface area contributed by atoms with Gasteiger partial charge in [0.2, 0.25) is 0 Å². The second kappa shape index (κ2) is 9.41. The first-order valence-electron chi connectivity index (χ1n) is 9.58. The molecule has 8 heteroatoms. The molecule has 162 valence electrons. The minimum Gasteiger partial charge on any atom is -0.481 e. The lowest BCUT2D eigenvalue weighted by atomic mass is 10.1. The minimum atomic E-state index is -3.76. The van der Waals surface area contributed by atoms with E-state index in [0.29, 0.717) is 22.1 Å². The molecule has 3 aromatic carbocycles. The first-order chi connectivity index (χ1) is 14.7. The SMILES string of the molecule is Cc1cccc(C)c1NS(=O)(=O)c1ccc(NC(=O)[C@H](C)Oc2ccc(Cl)cc2)cc1. The van der Waals surface area contributed by atoms with Crippen LogP contribution in [-0.2, 0) is 14.8 Å². The molecule has 0 unspecified atom stereocenters. The Morgan fingerprint density at radius 2 is 1.52 bits per heavy atom. The summed E-state index contributed by atoms with van der Waals surface area (Å²) < 4.78 is 33.7. The number of carbonyl (C=O) groups excluding carboxylic acids is 1. The van der Waals surface area contributed by atoms with Gasteiger partial charge in [-0.15, -0.1) is 0 Å². The van der Waals surface area contributed by atoms with Crippen molar-refractivity contribution in [1.29, 1.82) is 0 Å². The average Bonchev–Trinajstić information content (AvgIpc) is 2.73. The molecule has 0 spiro atoms. The number of benzene rings is 3. The van der Waals surface area contributed by atoms with Crippen LogP contribution in [0.25, 0.3) is 0 Å². The van der Waals surface area contributed by atoms with Crippen molar-refractivity contribution in [3.63, 3.8) is 0 Å². The zero-order valence-corrected chi connectivity index (χ0v) is 18.9. The van der Waals surface area contributed by atoms with E-state index >= 15 is 0 Å². The van der Waals surface area contributed by atoms with Crippen LogP contribution in [0.15, 0.2) is 71.6 Å². The van der Waals surface area contributed by atoms with E-state index in [0.717, 1.165) is 11.1 Å². The molecule has 0 aliphatic heterocycles. The number of ether oxygens (including phenoxy) is 1. The Labute approximate surface area is 187 Å². The Kier molecular flexibility index (Phi) is 6.87. The van der Waals surface area contributed by atoms with Crippen LogP contribution >= 0.6 is 11.6 Å². The van der Waals surface area contributed by atoms with Crippen molar-refractivity contribution >= 4 is 38.9 Å². The number of nitrogens with one attached hydrogen (secondary N) is 2. The summed E-state index contributed by atoms with van der Waals surface area (Å²) in [6.07, 6.45) is -0.754. The average molecular weight is 459 g/mol.